The smallest absolute Gasteiger partial charge is 0.111 e. The van der Waals surface area contributed by atoms with Gasteiger partial charge in [-0.2, -0.15) is 0 Å². The van der Waals surface area contributed by atoms with Crippen LogP contribution in [0.4, 0.5) is 0 Å². The van der Waals surface area contributed by atoms with Crippen LogP contribution in [-0.2, 0) is 6.42 Å². The summed E-state index contributed by atoms with van der Waals surface area (Å²) in [5.41, 5.74) is 2.72. The molecule has 0 saturated heterocycles. The molecule has 0 amide bonds. The minimum Gasteiger partial charge on any atom is -0.324 e. The Balaban J connectivity index is 2.16. The van der Waals surface area contributed by atoms with Gasteiger partial charge in [0.2, 0.25) is 0 Å². The molecule has 0 radical (unpaired) electrons. The van der Waals surface area contributed by atoms with Crippen LogP contribution in [0.25, 0.3) is 11.0 Å². The molecule has 1 saturated carbocycles. The number of rotatable bonds is 3. The van der Waals surface area contributed by atoms with Gasteiger partial charge in [0.15, 0.2) is 0 Å². The molecule has 0 bridgehead atoms. The molecule has 4 heteroatoms. The number of benzene rings is 1. The van der Waals surface area contributed by atoms with Gasteiger partial charge in [-0.1, -0.05) is 26.7 Å². The van der Waals surface area contributed by atoms with Crippen molar-refractivity contribution in [3.63, 3.8) is 0 Å². The monoisotopic (exact) mass is 416 g/mol. The minimum atomic E-state index is 0.329. The van der Waals surface area contributed by atoms with Gasteiger partial charge in [-0.3, -0.25) is 0 Å². The van der Waals surface area contributed by atoms with Crippen LogP contribution in [0.2, 0.25) is 0 Å². The van der Waals surface area contributed by atoms with E-state index in [2.05, 4.69) is 59.2 Å². The van der Waals surface area contributed by atoms with Gasteiger partial charge in [-0.05, 0) is 59.0 Å². The lowest BCUT2D eigenvalue weighted by Crippen LogP contribution is -2.31. The van der Waals surface area contributed by atoms with Crippen LogP contribution in [0, 0.1) is 8.99 Å². The van der Waals surface area contributed by atoms with Crippen LogP contribution in [0.15, 0.2) is 18.2 Å². The molecule has 2 nitrogen and oxygen atoms in total. The Morgan fingerprint density at radius 1 is 1.38 bits per heavy atom. The molecule has 1 atom stereocenters. The van der Waals surface area contributed by atoms with Crippen molar-refractivity contribution in [2.24, 2.45) is 5.41 Å². The van der Waals surface area contributed by atoms with Crippen LogP contribution >= 0.6 is 34.2 Å². The quantitative estimate of drug-likeness (QED) is 0.473. The number of imidazole rings is 1. The Morgan fingerprint density at radius 3 is 2.90 bits per heavy atom. The fraction of sp³-hybridized carbons (Fsp3) is 0.588. The van der Waals surface area contributed by atoms with Crippen LogP contribution < -0.4 is 0 Å². The summed E-state index contributed by atoms with van der Waals surface area (Å²) in [5.74, 6) is 1.79. The zero-order valence-corrected chi connectivity index (χ0v) is 15.6. The second-order valence-corrected chi connectivity index (χ2v) is 8.34. The predicted molar refractivity (Wildman–Crippen MR) is 98.2 cm³/mol. The number of hydrogen-bond acceptors (Lipinski definition) is 1. The highest BCUT2D eigenvalue weighted by molar-refractivity contribution is 14.1. The van der Waals surface area contributed by atoms with Crippen molar-refractivity contribution in [2.75, 3.05) is 5.88 Å². The van der Waals surface area contributed by atoms with Crippen molar-refractivity contribution in [1.29, 1.82) is 0 Å². The van der Waals surface area contributed by atoms with E-state index >= 15 is 0 Å². The summed E-state index contributed by atoms with van der Waals surface area (Å²) in [4.78, 5) is 4.88. The molecule has 0 aliphatic heterocycles. The molecule has 21 heavy (non-hydrogen) atoms. The molecular weight excluding hydrogens is 395 g/mol. The Kier molecular flexibility index (Phi) is 4.51. The lowest BCUT2D eigenvalue weighted by molar-refractivity contribution is 0.145. The molecule has 0 spiro atoms. The maximum absolute atomic E-state index is 6.02. The summed E-state index contributed by atoms with van der Waals surface area (Å²) < 4.78 is 3.73. The molecule has 1 fully saturated rings. The van der Waals surface area contributed by atoms with Crippen LogP contribution in [-0.4, -0.2) is 15.4 Å². The van der Waals surface area contributed by atoms with Gasteiger partial charge in [0.05, 0.1) is 11.0 Å². The first-order chi connectivity index (χ1) is 10.0. The summed E-state index contributed by atoms with van der Waals surface area (Å²) in [7, 11) is 0. The molecule has 1 heterocycles. The van der Waals surface area contributed by atoms with Gasteiger partial charge in [0.1, 0.15) is 5.82 Å². The third-order valence-electron chi connectivity index (χ3n) is 4.81. The highest BCUT2D eigenvalue weighted by atomic mass is 127. The van der Waals surface area contributed by atoms with Gasteiger partial charge in [0.25, 0.3) is 0 Å². The zero-order chi connectivity index (χ0) is 15.0. The van der Waals surface area contributed by atoms with Gasteiger partial charge in [-0.25, -0.2) is 4.98 Å². The molecule has 1 aromatic heterocycles. The molecule has 114 valence electrons. The van der Waals surface area contributed by atoms with E-state index in [4.69, 9.17) is 16.6 Å². The number of halogens is 2. The topological polar surface area (TPSA) is 17.8 Å². The molecule has 1 aliphatic rings. The van der Waals surface area contributed by atoms with Gasteiger partial charge in [-0.15, -0.1) is 11.6 Å². The number of aromatic nitrogens is 2. The van der Waals surface area contributed by atoms with E-state index in [0.29, 0.717) is 17.3 Å². The fourth-order valence-electron chi connectivity index (χ4n) is 3.68. The minimum absolute atomic E-state index is 0.329. The summed E-state index contributed by atoms with van der Waals surface area (Å²) in [6.45, 7) is 4.81. The van der Waals surface area contributed by atoms with Crippen LogP contribution in [0.1, 0.15) is 51.4 Å². The lowest BCUT2D eigenvalue weighted by Gasteiger charge is -2.40. The summed E-state index contributed by atoms with van der Waals surface area (Å²) in [5, 5.41) is 0. The standard InChI is InChI=1S/C17H22ClIN2/c1-17(2)9-4-3-5-15(17)21-14-7-6-12(19)11-13(14)20-16(21)8-10-18/h6-7,11,15H,3-5,8-10H2,1-2H3. The first kappa shape index (κ1) is 15.6. The van der Waals surface area contributed by atoms with E-state index in [1.807, 2.05) is 0 Å². The zero-order valence-electron chi connectivity index (χ0n) is 12.7. The average molecular weight is 417 g/mol. The van der Waals surface area contributed by atoms with Crippen molar-refractivity contribution < 1.29 is 0 Å². The Bertz CT molecular complexity index is 648. The van der Waals surface area contributed by atoms with E-state index in [9.17, 15) is 0 Å². The second-order valence-electron chi connectivity index (χ2n) is 6.72. The molecule has 1 unspecified atom stereocenters. The SMILES string of the molecule is CC1(C)CCCCC1n1c(CCCl)nc2cc(I)ccc21. The molecule has 1 aromatic carbocycles. The summed E-state index contributed by atoms with van der Waals surface area (Å²) in [6, 6.07) is 7.13. The predicted octanol–water partition coefficient (Wildman–Crippen LogP) is 5.56. The maximum Gasteiger partial charge on any atom is 0.111 e. The lowest BCUT2D eigenvalue weighted by atomic mass is 9.73. The maximum atomic E-state index is 6.02. The van der Waals surface area contributed by atoms with Gasteiger partial charge >= 0.3 is 0 Å². The number of fused-ring (bicyclic) bond motifs is 1. The molecule has 2 aromatic rings. The normalized spacial score (nSPS) is 21.8. The molecular formula is C17H22ClIN2. The van der Waals surface area contributed by atoms with E-state index in [1.54, 1.807) is 0 Å². The van der Waals surface area contributed by atoms with Crippen LogP contribution in [0.5, 0.6) is 0 Å². The largest absolute Gasteiger partial charge is 0.324 e. The van der Waals surface area contributed by atoms with Crippen molar-refractivity contribution in [1.82, 2.24) is 9.55 Å². The highest BCUT2D eigenvalue weighted by Gasteiger charge is 2.35. The van der Waals surface area contributed by atoms with E-state index < -0.39 is 0 Å². The van der Waals surface area contributed by atoms with E-state index in [0.717, 1.165) is 17.8 Å². The average Bonchev–Trinajstić information content (AvgIpc) is 2.76. The summed E-state index contributed by atoms with van der Waals surface area (Å²) in [6.07, 6.45) is 6.05. The van der Waals surface area contributed by atoms with Crippen molar-refractivity contribution in [2.45, 2.75) is 52.0 Å². The van der Waals surface area contributed by atoms with Crippen molar-refractivity contribution >= 4 is 45.2 Å². The Morgan fingerprint density at radius 2 is 2.19 bits per heavy atom. The summed E-state index contributed by atoms with van der Waals surface area (Å²) >= 11 is 8.38. The number of aryl methyl sites for hydroxylation is 1. The Labute approximate surface area is 145 Å². The third-order valence-corrected chi connectivity index (χ3v) is 5.67. The highest BCUT2D eigenvalue weighted by Crippen LogP contribution is 2.45. The number of nitrogens with zero attached hydrogens (tertiary/aromatic N) is 2. The second kappa shape index (κ2) is 6.07. The Hall–Kier alpha value is -0.290. The molecule has 1 aliphatic carbocycles. The van der Waals surface area contributed by atoms with Crippen molar-refractivity contribution in [3.8, 4) is 0 Å². The van der Waals surface area contributed by atoms with Crippen molar-refractivity contribution in [3.05, 3.63) is 27.6 Å². The molecule has 3 rings (SSSR count). The van der Waals surface area contributed by atoms with E-state index in [-0.39, 0.29) is 0 Å². The fourth-order valence-corrected chi connectivity index (χ4v) is 4.33. The van der Waals surface area contributed by atoms with Gasteiger partial charge < -0.3 is 4.57 Å². The van der Waals surface area contributed by atoms with E-state index in [1.165, 1.54) is 34.8 Å². The molecule has 0 N–H and O–H groups in total. The first-order valence-corrected chi connectivity index (χ1v) is 9.36. The number of hydrogen-bond donors (Lipinski definition) is 0. The third kappa shape index (κ3) is 2.96. The van der Waals surface area contributed by atoms with Crippen LogP contribution in [0.3, 0.4) is 0 Å². The first-order valence-electron chi connectivity index (χ1n) is 7.75. The van der Waals surface area contributed by atoms with Gasteiger partial charge in [0, 0.05) is 21.9 Å². The number of alkyl halides is 1.